The van der Waals surface area contributed by atoms with Gasteiger partial charge in [0.2, 0.25) is 0 Å². The van der Waals surface area contributed by atoms with Crippen LogP contribution in [-0.4, -0.2) is 0 Å². The van der Waals surface area contributed by atoms with Gasteiger partial charge in [0.15, 0.2) is 0 Å². The molecule has 0 amide bonds. The first-order valence-corrected chi connectivity index (χ1v) is 2.10. The zero-order valence-electron chi connectivity index (χ0n) is 5.11. The minimum atomic E-state index is 0. The van der Waals surface area contributed by atoms with Crippen LogP contribution in [0.2, 0.25) is 0 Å². The van der Waals surface area contributed by atoms with Crippen molar-refractivity contribution < 1.29 is 19.5 Å². The Hall–Kier alpha value is 1.10. The van der Waals surface area contributed by atoms with E-state index >= 15 is 0 Å². The molecule has 0 aliphatic carbocycles. The summed E-state index contributed by atoms with van der Waals surface area (Å²) in [7, 11) is 0. The molecule has 0 N–H and O–H groups in total. The Balaban J connectivity index is -0.0000000800. The van der Waals surface area contributed by atoms with E-state index in [4.69, 9.17) is 0 Å². The van der Waals surface area contributed by atoms with Crippen molar-refractivity contribution in [3.05, 3.63) is 6.92 Å². The second-order valence-corrected chi connectivity index (χ2v) is 1.51. The first-order chi connectivity index (χ1) is 2.27. The summed E-state index contributed by atoms with van der Waals surface area (Å²) < 4.78 is 0. The normalized spacial score (nSPS) is 10.7. The summed E-state index contributed by atoms with van der Waals surface area (Å²) in [4.78, 5) is 0. The maximum Gasteiger partial charge on any atom is 0 e. The van der Waals surface area contributed by atoms with Gasteiger partial charge in [-0.15, -0.1) is 17.0 Å². The van der Waals surface area contributed by atoms with E-state index < -0.39 is 0 Å². The molecule has 1 atom stereocenters. The summed E-state index contributed by atoms with van der Waals surface area (Å²) in [5, 5.41) is 0. The molecule has 0 spiro atoms. The molecule has 0 aliphatic rings. The molecule has 0 nitrogen and oxygen atoms in total. The van der Waals surface area contributed by atoms with E-state index in [1.54, 1.807) is 0 Å². The Morgan fingerprint density at radius 3 is 1.71 bits per heavy atom. The number of hydrogen-bond acceptors (Lipinski definition) is 0. The first-order valence-electron chi connectivity index (χ1n) is 2.10. The van der Waals surface area contributed by atoms with Gasteiger partial charge in [0.05, 0.1) is 0 Å². The fourth-order valence-corrected chi connectivity index (χ4v) is 0. The second-order valence-electron chi connectivity index (χ2n) is 1.51. The average molecular weight is 217 g/mol. The van der Waals surface area contributed by atoms with Crippen LogP contribution in [0.5, 0.6) is 0 Å². The minimum absolute atomic E-state index is 0. The number of halogens is 1. The van der Waals surface area contributed by atoms with Crippen LogP contribution >= 0.6 is 17.0 Å². The summed E-state index contributed by atoms with van der Waals surface area (Å²) in [6, 6.07) is 0. The van der Waals surface area contributed by atoms with Crippen LogP contribution < -0.4 is 0 Å². The SMILES string of the molecule is Br.[CH2-]C(C)CC.[Zn]. The third kappa shape index (κ3) is 19.2. The van der Waals surface area contributed by atoms with Crippen molar-refractivity contribution in [1.29, 1.82) is 0 Å². The third-order valence-electron chi connectivity index (χ3n) is 0.697. The predicted octanol–water partition coefficient (Wildman–Crippen LogP) is 2.44. The summed E-state index contributed by atoms with van der Waals surface area (Å²) in [6.07, 6.45) is 1.19. The molecule has 0 aromatic carbocycles. The Morgan fingerprint density at radius 1 is 1.57 bits per heavy atom. The van der Waals surface area contributed by atoms with Crippen molar-refractivity contribution in [2.24, 2.45) is 5.92 Å². The third-order valence-corrected chi connectivity index (χ3v) is 0.697. The Labute approximate surface area is 69.6 Å². The molecule has 0 aromatic rings. The molecular weight excluding hydrogens is 205 g/mol. The quantitative estimate of drug-likeness (QED) is 0.467. The maximum atomic E-state index is 3.76. The molecule has 0 saturated heterocycles. The Kier molecular flexibility index (Phi) is 22.8. The van der Waals surface area contributed by atoms with E-state index in [0.717, 1.165) is 0 Å². The number of rotatable bonds is 1. The first kappa shape index (κ1) is 15.7. The van der Waals surface area contributed by atoms with Gasteiger partial charge in [0.1, 0.15) is 0 Å². The topological polar surface area (TPSA) is 0 Å². The zero-order chi connectivity index (χ0) is 4.28. The van der Waals surface area contributed by atoms with Gasteiger partial charge in [0.25, 0.3) is 0 Å². The zero-order valence-corrected chi connectivity index (χ0v) is 9.79. The van der Waals surface area contributed by atoms with Crippen molar-refractivity contribution in [3.8, 4) is 0 Å². The fraction of sp³-hybridized carbons (Fsp3) is 0.800. The van der Waals surface area contributed by atoms with E-state index in [9.17, 15) is 0 Å². The van der Waals surface area contributed by atoms with Crippen molar-refractivity contribution in [2.75, 3.05) is 0 Å². The molecule has 0 rings (SSSR count). The van der Waals surface area contributed by atoms with E-state index in [2.05, 4.69) is 20.8 Å². The van der Waals surface area contributed by atoms with Crippen LogP contribution in [0.25, 0.3) is 0 Å². The van der Waals surface area contributed by atoms with Gasteiger partial charge in [-0.05, 0) is 0 Å². The van der Waals surface area contributed by atoms with E-state index in [1.165, 1.54) is 6.42 Å². The van der Waals surface area contributed by atoms with Gasteiger partial charge in [-0.2, -0.15) is 5.92 Å². The molecule has 7 heavy (non-hydrogen) atoms. The van der Waals surface area contributed by atoms with Gasteiger partial charge >= 0.3 is 0 Å². The Bertz CT molecular complexity index is 22.0. The van der Waals surface area contributed by atoms with Crippen molar-refractivity contribution in [3.63, 3.8) is 0 Å². The summed E-state index contributed by atoms with van der Waals surface area (Å²) in [6.45, 7) is 8.00. The average Bonchev–Trinajstić information content (AvgIpc) is 1.38. The standard InChI is InChI=1S/C5H11.BrH.Zn/c1-4-5(2)3;;/h5H,2,4H2,1,3H3;1H;/q-1;;. The van der Waals surface area contributed by atoms with Crippen LogP contribution in [0, 0.1) is 12.8 Å². The van der Waals surface area contributed by atoms with Crippen molar-refractivity contribution in [1.82, 2.24) is 0 Å². The van der Waals surface area contributed by atoms with Crippen molar-refractivity contribution >= 4 is 17.0 Å². The van der Waals surface area contributed by atoms with Crippen LogP contribution in [0.3, 0.4) is 0 Å². The van der Waals surface area contributed by atoms with Gasteiger partial charge in [-0.25, -0.2) is 0 Å². The summed E-state index contributed by atoms with van der Waals surface area (Å²) in [5.41, 5.74) is 0. The largest absolute Gasteiger partial charge is 0.341 e. The number of hydrogen-bond donors (Lipinski definition) is 0. The smallest absolute Gasteiger partial charge is 0 e. The molecule has 0 fully saturated rings. The summed E-state index contributed by atoms with van der Waals surface area (Å²) >= 11 is 0. The molecule has 0 heterocycles. The minimum Gasteiger partial charge on any atom is -0.341 e. The Morgan fingerprint density at radius 2 is 1.71 bits per heavy atom. The molecule has 0 bridgehead atoms. The van der Waals surface area contributed by atoms with E-state index in [0.29, 0.717) is 5.92 Å². The molecule has 0 radical (unpaired) electrons. The molecule has 1 unspecified atom stereocenters. The van der Waals surface area contributed by atoms with Crippen LogP contribution in [0.4, 0.5) is 0 Å². The monoisotopic (exact) mass is 215 g/mol. The molecule has 0 aromatic heterocycles. The van der Waals surface area contributed by atoms with Gasteiger partial charge in [-0.1, -0.05) is 20.3 Å². The molecule has 2 heteroatoms. The van der Waals surface area contributed by atoms with Crippen molar-refractivity contribution in [2.45, 2.75) is 20.3 Å². The van der Waals surface area contributed by atoms with Crippen LogP contribution in [-0.2, 0) is 19.5 Å². The van der Waals surface area contributed by atoms with Gasteiger partial charge < -0.3 is 6.92 Å². The second kappa shape index (κ2) is 10.2. The van der Waals surface area contributed by atoms with Gasteiger partial charge in [0, 0.05) is 19.5 Å². The molecule has 0 aliphatic heterocycles. The molecule has 0 saturated carbocycles. The van der Waals surface area contributed by atoms with Crippen LogP contribution in [0.15, 0.2) is 0 Å². The van der Waals surface area contributed by atoms with Crippen LogP contribution in [0.1, 0.15) is 20.3 Å². The fourth-order valence-electron chi connectivity index (χ4n) is 0. The van der Waals surface area contributed by atoms with Gasteiger partial charge in [-0.3, -0.25) is 0 Å². The van der Waals surface area contributed by atoms with E-state index in [1.807, 2.05) is 0 Å². The summed E-state index contributed by atoms with van der Waals surface area (Å²) in [5.74, 6) is 0.634. The molecular formula is C5H12BrZn-. The molecule has 42 valence electrons. The van der Waals surface area contributed by atoms with E-state index in [-0.39, 0.29) is 36.5 Å². The predicted molar refractivity (Wildman–Crippen MR) is 35.1 cm³/mol. The maximum absolute atomic E-state index is 3.76.